The first kappa shape index (κ1) is 19.7. The second-order valence-electron chi connectivity index (χ2n) is 8.66. The number of aromatic nitrogens is 5. The smallest absolute Gasteiger partial charge is 0.229 e. The highest BCUT2D eigenvalue weighted by atomic mass is 19.1. The zero-order valence-corrected chi connectivity index (χ0v) is 17.9. The van der Waals surface area contributed by atoms with Crippen LogP contribution in [-0.2, 0) is 11.8 Å². The molecule has 1 aliphatic heterocycles. The largest absolute Gasteiger partial charge is 0.504 e. The highest BCUT2D eigenvalue weighted by molar-refractivity contribution is 5.95. The topological polar surface area (TPSA) is 101 Å². The summed E-state index contributed by atoms with van der Waals surface area (Å²) in [6, 6.07) is 7.32. The van der Waals surface area contributed by atoms with Crippen LogP contribution < -0.4 is 10.2 Å². The second kappa shape index (κ2) is 7.29. The Bertz CT molecular complexity index is 1350. The van der Waals surface area contributed by atoms with Crippen LogP contribution in [-0.4, -0.2) is 48.5 Å². The number of aromatic hydroxyl groups is 1. The molecule has 1 saturated carbocycles. The minimum Gasteiger partial charge on any atom is -0.504 e. The zero-order valence-electron chi connectivity index (χ0n) is 17.9. The van der Waals surface area contributed by atoms with Gasteiger partial charge in [-0.1, -0.05) is 0 Å². The fourth-order valence-corrected chi connectivity index (χ4v) is 4.40. The van der Waals surface area contributed by atoms with Crippen LogP contribution in [0.4, 0.5) is 15.9 Å². The van der Waals surface area contributed by atoms with Gasteiger partial charge in [0.05, 0.1) is 29.8 Å². The average molecular weight is 447 g/mol. The number of nitrogens with one attached hydrogen (secondary N) is 1. The average Bonchev–Trinajstić information content (AvgIpc) is 3.37. The van der Waals surface area contributed by atoms with Crippen molar-refractivity contribution < 1.29 is 14.3 Å². The quantitative estimate of drug-likeness (QED) is 0.488. The van der Waals surface area contributed by atoms with Crippen LogP contribution in [0, 0.1) is 11.7 Å². The van der Waals surface area contributed by atoms with Gasteiger partial charge in [-0.3, -0.25) is 14.5 Å². The van der Waals surface area contributed by atoms with E-state index in [9.17, 15) is 14.3 Å². The highest BCUT2D eigenvalue weighted by Gasteiger charge is 2.45. The minimum absolute atomic E-state index is 0.101. The summed E-state index contributed by atoms with van der Waals surface area (Å²) in [5.41, 5.74) is 3.11. The van der Waals surface area contributed by atoms with Crippen LogP contribution >= 0.6 is 0 Å². The van der Waals surface area contributed by atoms with Crippen LogP contribution in [0.25, 0.3) is 16.8 Å². The number of hydrogen-bond donors (Lipinski definition) is 2. The van der Waals surface area contributed by atoms with E-state index >= 15 is 0 Å². The number of nitrogens with zero attached hydrogens (tertiary/aromatic N) is 6. The lowest BCUT2D eigenvalue weighted by Crippen LogP contribution is -2.36. The molecular formula is C23H22FN7O2. The molecule has 9 nitrogen and oxygen atoms in total. The van der Waals surface area contributed by atoms with Crippen LogP contribution in [0.15, 0.2) is 42.9 Å². The standard InChI is InChI=1S/C23H22FN7O2/c1-29-22(20(32)11-26-29)17-7-14-8-21(28-31(14)12-18(17)24)27-23(33)16-9-15(16)19-4-3-13(10-25-19)30-5-2-6-30/h3-4,7-8,10-12,15-16,32H,2,5-6,9H2,1H3,(H,27,28,33)/t15-,16+/m1/s1. The van der Waals surface area contributed by atoms with Crippen molar-refractivity contribution in [3.63, 3.8) is 0 Å². The van der Waals surface area contributed by atoms with E-state index in [1.54, 1.807) is 19.2 Å². The lowest BCUT2D eigenvalue weighted by atomic mass is 10.1. The predicted octanol–water partition coefficient (Wildman–Crippen LogP) is 2.93. The third-order valence-corrected chi connectivity index (χ3v) is 6.47. The van der Waals surface area contributed by atoms with Gasteiger partial charge in [0.1, 0.15) is 5.69 Å². The summed E-state index contributed by atoms with van der Waals surface area (Å²) < 4.78 is 17.5. The van der Waals surface area contributed by atoms with Gasteiger partial charge in [-0.25, -0.2) is 8.91 Å². The van der Waals surface area contributed by atoms with Gasteiger partial charge >= 0.3 is 0 Å². The Balaban J connectivity index is 1.17. The molecule has 5 heterocycles. The van der Waals surface area contributed by atoms with Gasteiger partial charge in [-0.05, 0) is 31.0 Å². The fourth-order valence-electron chi connectivity index (χ4n) is 4.40. The number of fused-ring (bicyclic) bond motifs is 1. The van der Waals surface area contributed by atoms with Gasteiger partial charge < -0.3 is 15.3 Å². The SMILES string of the molecule is Cn1ncc(O)c1-c1cc2cc(NC(=O)[C@H]3C[C@H]3c3ccc(N4CCC4)cn3)nn2cc1F. The summed E-state index contributed by atoms with van der Waals surface area (Å²) in [5, 5.41) is 21.1. The first-order valence-corrected chi connectivity index (χ1v) is 10.9. The first-order valence-electron chi connectivity index (χ1n) is 10.9. The van der Waals surface area contributed by atoms with Crippen molar-refractivity contribution in [1.82, 2.24) is 24.4 Å². The molecule has 1 amide bonds. The Kier molecular flexibility index (Phi) is 4.36. The maximum atomic E-state index is 14.7. The normalized spacial score (nSPS) is 19.5. The number of carbonyl (C=O) groups is 1. The Labute approximate surface area is 188 Å². The van der Waals surface area contributed by atoms with Crippen molar-refractivity contribution in [2.75, 3.05) is 23.3 Å². The van der Waals surface area contributed by atoms with Crippen molar-refractivity contribution >= 4 is 22.9 Å². The van der Waals surface area contributed by atoms with Crippen LogP contribution in [0.3, 0.4) is 0 Å². The van der Waals surface area contributed by atoms with E-state index in [1.165, 1.54) is 28.0 Å². The maximum Gasteiger partial charge on any atom is 0.229 e. The molecule has 1 aliphatic carbocycles. The van der Waals surface area contributed by atoms with Crippen LogP contribution in [0.2, 0.25) is 0 Å². The molecule has 6 rings (SSSR count). The summed E-state index contributed by atoms with van der Waals surface area (Å²) in [6.45, 7) is 2.15. The van der Waals surface area contributed by atoms with E-state index in [0.717, 1.165) is 30.9 Å². The van der Waals surface area contributed by atoms with Crippen molar-refractivity contribution in [3.8, 4) is 17.0 Å². The van der Waals surface area contributed by atoms with Crippen molar-refractivity contribution in [3.05, 3.63) is 54.4 Å². The summed E-state index contributed by atoms with van der Waals surface area (Å²) in [6.07, 6.45) is 6.33. The van der Waals surface area contributed by atoms with Gasteiger partial charge in [0.25, 0.3) is 0 Å². The third-order valence-electron chi connectivity index (χ3n) is 6.47. The van der Waals surface area contributed by atoms with Crippen LogP contribution in [0.5, 0.6) is 5.75 Å². The molecule has 0 spiro atoms. The molecule has 1 saturated heterocycles. The van der Waals surface area contributed by atoms with Gasteiger partial charge in [0.15, 0.2) is 17.4 Å². The summed E-state index contributed by atoms with van der Waals surface area (Å²) in [4.78, 5) is 19.6. The van der Waals surface area contributed by atoms with E-state index in [2.05, 4.69) is 31.5 Å². The number of pyridine rings is 2. The minimum atomic E-state index is -0.558. The molecule has 4 aromatic heterocycles. The molecule has 10 heteroatoms. The number of aryl methyl sites for hydroxylation is 1. The number of carbonyl (C=O) groups excluding carboxylic acids is 1. The Morgan fingerprint density at radius 2 is 2.09 bits per heavy atom. The highest BCUT2D eigenvalue weighted by Crippen LogP contribution is 2.47. The number of anilines is 2. The van der Waals surface area contributed by atoms with Crippen molar-refractivity contribution in [2.24, 2.45) is 13.0 Å². The Morgan fingerprint density at radius 1 is 1.24 bits per heavy atom. The van der Waals surface area contributed by atoms with E-state index in [4.69, 9.17) is 0 Å². The molecule has 0 radical (unpaired) electrons. The molecule has 0 unspecified atom stereocenters. The molecule has 2 N–H and O–H groups in total. The first-order chi connectivity index (χ1) is 16.0. The molecule has 0 bridgehead atoms. The summed E-state index contributed by atoms with van der Waals surface area (Å²) in [5.74, 6) is -0.503. The number of halogens is 1. The molecule has 4 aromatic rings. The number of rotatable bonds is 5. The molecule has 2 aliphatic rings. The molecule has 168 valence electrons. The number of hydrogen-bond acceptors (Lipinski definition) is 6. The second-order valence-corrected chi connectivity index (χ2v) is 8.66. The molecular weight excluding hydrogens is 425 g/mol. The fraction of sp³-hybridized carbons (Fsp3) is 0.304. The predicted molar refractivity (Wildman–Crippen MR) is 120 cm³/mol. The summed E-state index contributed by atoms with van der Waals surface area (Å²) >= 11 is 0. The van der Waals surface area contributed by atoms with E-state index in [1.807, 2.05) is 12.3 Å². The van der Waals surface area contributed by atoms with Crippen molar-refractivity contribution in [1.29, 1.82) is 0 Å². The van der Waals surface area contributed by atoms with Gasteiger partial charge in [-0.15, -0.1) is 5.10 Å². The molecule has 2 fully saturated rings. The molecule has 0 aromatic carbocycles. The van der Waals surface area contributed by atoms with Crippen LogP contribution in [0.1, 0.15) is 24.5 Å². The van der Waals surface area contributed by atoms with E-state index < -0.39 is 5.82 Å². The van der Waals surface area contributed by atoms with Gasteiger partial charge in [0.2, 0.25) is 5.91 Å². The maximum absolute atomic E-state index is 14.7. The third kappa shape index (κ3) is 3.38. The Hall–Kier alpha value is -3.95. The van der Waals surface area contributed by atoms with Gasteiger partial charge in [0, 0.05) is 49.3 Å². The van der Waals surface area contributed by atoms with E-state index in [-0.39, 0.29) is 34.7 Å². The Morgan fingerprint density at radius 3 is 2.76 bits per heavy atom. The molecule has 2 atom stereocenters. The summed E-state index contributed by atoms with van der Waals surface area (Å²) in [7, 11) is 1.63. The monoisotopic (exact) mass is 447 g/mol. The van der Waals surface area contributed by atoms with Crippen molar-refractivity contribution in [2.45, 2.75) is 18.8 Å². The zero-order chi connectivity index (χ0) is 22.7. The van der Waals surface area contributed by atoms with E-state index in [0.29, 0.717) is 11.3 Å². The lowest BCUT2D eigenvalue weighted by molar-refractivity contribution is -0.117. The lowest BCUT2D eigenvalue weighted by Gasteiger charge is -2.32. The van der Waals surface area contributed by atoms with Gasteiger partial charge in [-0.2, -0.15) is 5.10 Å². The molecule has 33 heavy (non-hydrogen) atoms. The number of amides is 1.